The van der Waals surface area contributed by atoms with Gasteiger partial charge in [0.25, 0.3) is 0 Å². The summed E-state index contributed by atoms with van der Waals surface area (Å²) in [5, 5.41) is 10.1. The van der Waals surface area contributed by atoms with Crippen LogP contribution in [0.4, 0.5) is 0 Å². The van der Waals surface area contributed by atoms with E-state index in [1.54, 1.807) is 29.7 Å². The Morgan fingerprint density at radius 2 is 2.06 bits per heavy atom. The Morgan fingerprint density at radius 1 is 1.36 bits per heavy atom. The van der Waals surface area contributed by atoms with Crippen molar-refractivity contribution in [2.24, 2.45) is 11.8 Å². The molecule has 0 aliphatic carbocycles. The molecule has 7 nitrogen and oxygen atoms in total. The van der Waals surface area contributed by atoms with Gasteiger partial charge in [0.1, 0.15) is 6.04 Å². The molecular formula is C25H40N2O5S. The van der Waals surface area contributed by atoms with Gasteiger partial charge in [-0.25, -0.2) is 0 Å². The number of rotatable bonds is 11. The van der Waals surface area contributed by atoms with Crippen LogP contribution in [0.3, 0.4) is 0 Å². The van der Waals surface area contributed by atoms with Crippen molar-refractivity contribution in [1.29, 1.82) is 0 Å². The predicted octanol–water partition coefficient (Wildman–Crippen LogP) is 3.00. The number of carbonyl (C=O) groups is 3. The lowest BCUT2D eigenvalue weighted by molar-refractivity contribution is -0.155. The lowest BCUT2D eigenvalue weighted by Crippen LogP contribution is -2.58. The minimum absolute atomic E-state index is 0.00199. The second kappa shape index (κ2) is 9.98. The highest BCUT2D eigenvalue weighted by Gasteiger charge is 2.78. The fourth-order valence-corrected chi connectivity index (χ4v) is 8.72. The number of hydrogen-bond donors (Lipinski definition) is 1. The van der Waals surface area contributed by atoms with Crippen LogP contribution in [0.5, 0.6) is 0 Å². The molecule has 3 aliphatic rings. The zero-order valence-corrected chi connectivity index (χ0v) is 21.5. The van der Waals surface area contributed by atoms with Crippen LogP contribution in [0.2, 0.25) is 0 Å². The molecule has 1 spiro atoms. The maximum absolute atomic E-state index is 14.2. The van der Waals surface area contributed by atoms with Crippen molar-refractivity contribution in [3.63, 3.8) is 0 Å². The molecule has 1 N–H and O–H groups in total. The van der Waals surface area contributed by atoms with E-state index in [4.69, 9.17) is 4.74 Å². The summed E-state index contributed by atoms with van der Waals surface area (Å²) in [5.41, 5.74) is 0. The molecule has 2 bridgehead atoms. The van der Waals surface area contributed by atoms with Crippen LogP contribution in [-0.4, -0.2) is 80.1 Å². The van der Waals surface area contributed by atoms with Gasteiger partial charge in [-0.2, -0.15) is 0 Å². The average Bonchev–Trinajstić information content (AvgIpc) is 3.34. The second-order valence-corrected chi connectivity index (χ2v) is 11.8. The number of nitrogens with zero attached hydrogens (tertiary/aromatic N) is 2. The van der Waals surface area contributed by atoms with Gasteiger partial charge in [-0.3, -0.25) is 14.4 Å². The van der Waals surface area contributed by atoms with Crippen LogP contribution in [0.1, 0.15) is 66.7 Å². The molecule has 7 atom stereocenters. The largest absolute Gasteiger partial charge is 0.466 e. The smallest absolute Gasteiger partial charge is 0.311 e. The van der Waals surface area contributed by atoms with Gasteiger partial charge in [-0.1, -0.05) is 26.3 Å². The van der Waals surface area contributed by atoms with Crippen molar-refractivity contribution in [2.75, 3.05) is 19.8 Å². The van der Waals surface area contributed by atoms with Crippen molar-refractivity contribution in [2.45, 2.75) is 94.3 Å². The first-order valence-electron chi connectivity index (χ1n) is 12.4. The highest BCUT2D eigenvalue weighted by atomic mass is 32.2. The SMILES string of the molecule is C=CCN(C(=O)C1N([C@@H](CC)CO)C(=O)[C@@H]2[C@H](C(=O)OCC)[C@]3(C)CCC12S3)C(C)CCC. The monoisotopic (exact) mass is 480 g/mol. The summed E-state index contributed by atoms with van der Waals surface area (Å²) in [6.45, 7) is 14.1. The van der Waals surface area contributed by atoms with Crippen molar-refractivity contribution in [1.82, 2.24) is 9.80 Å². The number of thioether (sulfide) groups is 1. The fourth-order valence-electron chi connectivity index (χ4n) is 6.40. The van der Waals surface area contributed by atoms with E-state index in [9.17, 15) is 19.5 Å². The Balaban J connectivity index is 2.12. The van der Waals surface area contributed by atoms with E-state index in [0.717, 1.165) is 19.3 Å². The first-order chi connectivity index (χ1) is 15.7. The average molecular weight is 481 g/mol. The first kappa shape index (κ1) is 26.1. The van der Waals surface area contributed by atoms with Gasteiger partial charge in [-0.05, 0) is 46.5 Å². The standard InChI is InChI=1S/C25H40N2O5S/c1-7-11-16(5)26(14-8-2)22(30)20-25-13-12-24(6,33-25)19(23(31)32-10-4)18(25)21(29)27(20)17(9-3)15-28/h8,16-20,28H,2,7,9-15H2,1,3-6H3/t16?,17-,18-,19+,20?,24-,25?/m0/s1. The van der Waals surface area contributed by atoms with Gasteiger partial charge in [-0.15, -0.1) is 18.3 Å². The van der Waals surface area contributed by atoms with Crippen molar-refractivity contribution in [3.8, 4) is 0 Å². The molecule has 3 heterocycles. The fraction of sp³-hybridized carbons (Fsp3) is 0.800. The summed E-state index contributed by atoms with van der Waals surface area (Å²) in [7, 11) is 0. The third-order valence-electron chi connectivity index (χ3n) is 7.91. The second-order valence-electron chi connectivity index (χ2n) is 9.89. The number of hydrogen-bond acceptors (Lipinski definition) is 6. The van der Waals surface area contributed by atoms with E-state index < -0.39 is 33.4 Å². The van der Waals surface area contributed by atoms with E-state index >= 15 is 0 Å². The molecule has 3 saturated heterocycles. The van der Waals surface area contributed by atoms with Crippen LogP contribution in [-0.2, 0) is 19.1 Å². The summed E-state index contributed by atoms with van der Waals surface area (Å²) >= 11 is 1.64. The molecule has 8 heteroatoms. The van der Waals surface area contributed by atoms with E-state index in [-0.39, 0.29) is 37.0 Å². The van der Waals surface area contributed by atoms with Gasteiger partial charge in [0, 0.05) is 17.3 Å². The Labute approximate surface area is 202 Å². The first-order valence-corrected chi connectivity index (χ1v) is 13.2. The predicted molar refractivity (Wildman–Crippen MR) is 130 cm³/mol. The van der Waals surface area contributed by atoms with E-state index in [1.165, 1.54) is 0 Å². The topological polar surface area (TPSA) is 87.2 Å². The van der Waals surface area contributed by atoms with Gasteiger partial charge in [0.05, 0.1) is 35.8 Å². The number of amides is 2. The zero-order valence-electron chi connectivity index (χ0n) is 20.7. The molecule has 0 aromatic rings. The zero-order chi connectivity index (χ0) is 24.6. The van der Waals surface area contributed by atoms with E-state index in [1.807, 2.05) is 25.7 Å². The van der Waals surface area contributed by atoms with E-state index in [0.29, 0.717) is 19.4 Å². The quantitative estimate of drug-likeness (QED) is 0.361. The van der Waals surface area contributed by atoms with Crippen molar-refractivity contribution in [3.05, 3.63) is 12.7 Å². The molecule has 0 saturated carbocycles. The Kier molecular flexibility index (Phi) is 7.89. The number of esters is 1. The van der Waals surface area contributed by atoms with Gasteiger partial charge in [0.15, 0.2) is 0 Å². The highest BCUT2D eigenvalue weighted by Crippen LogP contribution is 2.71. The minimum atomic E-state index is -0.711. The minimum Gasteiger partial charge on any atom is -0.466 e. The number of ether oxygens (including phenoxy) is 1. The number of likely N-dealkylation sites (tertiary alicyclic amines) is 1. The Bertz CT molecular complexity index is 787. The summed E-state index contributed by atoms with van der Waals surface area (Å²) < 4.78 is 4.30. The van der Waals surface area contributed by atoms with Gasteiger partial charge < -0.3 is 19.6 Å². The molecule has 0 aromatic heterocycles. The lowest BCUT2D eigenvalue weighted by atomic mass is 9.66. The molecule has 3 aliphatic heterocycles. The molecule has 2 amide bonds. The molecule has 186 valence electrons. The number of aliphatic hydroxyl groups is 1. The summed E-state index contributed by atoms with van der Waals surface area (Å²) in [6.07, 6.45) is 5.50. The number of carbonyl (C=O) groups excluding carboxylic acids is 3. The molecule has 33 heavy (non-hydrogen) atoms. The maximum atomic E-state index is 14.2. The molecule has 3 fully saturated rings. The van der Waals surface area contributed by atoms with Crippen molar-refractivity contribution < 1.29 is 24.2 Å². The lowest BCUT2D eigenvalue weighted by Gasteiger charge is -2.41. The normalized spacial score (nSPS) is 34.2. The van der Waals surface area contributed by atoms with Crippen LogP contribution in [0, 0.1) is 11.8 Å². The van der Waals surface area contributed by atoms with Crippen LogP contribution < -0.4 is 0 Å². The molecule has 0 radical (unpaired) electrons. The summed E-state index contributed by atoms with van der Waals surface area (Å²) in [4.78, 5) is 44.8. The van der Waals surface area contributed by atoms with Crippen molar-refractivity contribution >= 4 is 29.5 Å². The molecule has 3 unspecified atom stereocenters. The molecular weight excluding hydrogens is 440 g/mol. The number of aliphatic hydroxyl groups excluding tert-OH is 1. The Morgan fingerprint density at radius 3 is 2.61 bits per heavy atom. The van der Waals surface area contributed by atoms with Gasteiger partial charge in [0.2, 0.25) is 11.8 Å². The van der Waals surface area contributed by atoms with E-state index in [2.05, 4.69) is 13.5 Å². The van der Waals surface area contributed by atoms with Crippen LogP contribution in [0.15, 0.2) is 12.7 Å². The third kappa shape index (κ3) is 4.01. The maximum Gasteiger partial charge on any atom is 0.311 e. The van der Waals surface area contributed by atoms with Crippen LogP contribution >= 0.6 is 11.8 Å². The number of fused-ring (bicyclic) bond motifs is 1. The third-order valence-corrected chi connectivity index (χ3v) is 9.90. The van der Waals surface area contributed by atoms with Gasteiger partial charge >= 0.3 is 5.97 Å². The van der Waals surface area contributed by atoms with Crippen LogP contribution in [0.25, 0.3) is 0 Å². The highest BCUT2D eigenvalue weighted by molar-refractivity contribution is 8.02. The summed E-state index contributed by atoms with van der Waals surface area (Å²) in [5.74, 6) is -1.83. The molecule has 3 rings (SSSR count). The molecule has 0 aromatic carbocycles. The Hall–Kier alpha value is -1.54. The summed E-state index contributed by atoms with van der Waals surface area (Å²) in [6, 6.07) is -1.17.